The number of ether oxygens (including phenoxy) is 1. The minimum atomic E-state index is -0.00566. The van der Waals surface area contributed by atoms with Crippen molar-refractivity contribution in [1.29, 1.82) is 0 Å². The predicted octanol–water partition coefficient (Wildman–Crippen LogP) is 6.07. The molecule has 168 valence electrons. The number of methoxy groups -OCH3 is 1. The van der Waals surface area contributed by atoms with Crippen LogP contribution in [0.3, 0.4) is 0 Å². The van der Waals surface area contributed by atoms with Gasteiger partial charge >= 0.3 is 0 Å². The van der Waals surface area contributed by atoms with Crippen LogP contribution in [0.2, 0.25) is 0 Å². The fourth-order valence-corrected chi connectivity index (χ4v) is 4.15. The van der Waals surface area contributed by atoms with E-state index >= 15 is 0 Å². The van der Waals surface area contributed by atoms with Crippen LogP contribution < -0.4 is 10.1 Å². The molecular formula is C29H30N2O2. The lowest BCUT2D eigenvalue weighted by atomic mass is 9.98. The van der Waals surface area contributed by atoms with E-state index in [-0.39, 0.29) is 11.9 Å². The maximum absolute atomic E-state index is 12.2. The molecule has 0 unspecified atom stereocenters. The van der Waals surface area contributed by atoms with Gasteiger partial charge in [0, 0.05) is 37.8 Å². The third-order valence-electron chi connectivity index (χ3n) is 6.02. The number of nitrogens with zero attached hydrogens (tertiary/aromatic N) is 1. The van der Waals surface area contributed by atoms with Crippen LogP contribution in [0.15, 0.2) is 84.9 Å². The zero-order valence-corrected chi connectivity index (χ0v) is 19.6. The lowest BCUT2D eigenvalue weighted by Gasteiger charge is -2.18. The van der Waals surface area contributed by atoms with E-state index in [1.807, 2.05) is 30.3 Å². The SMILES string of the molecule is COc1ccc(CN[C@H](C)c2cccc3ccccc23)cc1-c1ccc(C(=O)N(C)C)cc1. The van der Waals surface area contributed by atoms with Gasteiger partial charge in [0.25, 0.3) is 5.91 Å². The Bertz CT molecular complexity index is 1260. The molecule has 1 amide bonds. The number of hydrogen-bond donors (Lipinski definition) is 1. The first-order valence-corrected chi connectivity index (χ1v) is 11.2. The van der Waals surface area contributed by atoms with E-state index in [1.54, 1.807) is 26.1 Å². The molecular weight excluding hydrogens is 408 g/mol. The minimum Gasteiger partial charge on any atom is -0.496 e. The maximum atomic E-state index is 12.2. The molecule has 0 aliphatic rings. The number of hydrogen-bond acceptors (Lipinski definition) is 3. The van der Waals surface area contributed by atoms with Crippen molar-refractivity contribution in [1.82, 2.24) is 10.2 Å². The average Bonchev–Trinajstić information content (AvgIpc) is 2.86. The molecule has 0 heterocycles. The van der Waals surface area contributed by atoms with E-state index < -0.39 is 0 Å². The Morgan fingerprint density at radius 1 is 0.939 bits per heavy atom. The fourth-order valence-electron chi connectivity index (χ4n) is 4.15. The van der Waals surface area contributed by atoms with Gasteiger partial charge in [-0.25, -0.2) is 0 Å². The fraction of sp³-hybridized carbons (Fsp3) is 0.207. The summed E-state index contributed by atoms with van der Waals surface area (Å²) in [6, 6.07) is 29.1. The van der Waals surface area contributed by atoms with Gasteiger partial charge < -0.3 is 15.0 Å². The van der Waals surface area contributed by atoms with Crippen LogP contribution in [0.25, 0.3) is 21.9 Å². The first-order chi connectivity index (χ1) is 16.0. The Hall–Kier alpha value is -3.63. The number of carbonyl (C=O) groups excluding carboxylic acids is 1. The summed E-state index contributed by atoms with van der Waals surface area (Å²) in [6.45, 7) is 2.94. The van der Waals surface area contributed by atoms with Crippen LogP contribution in [0.4, 0.5) is 0 Å². The first-order valence-electron chi connectivity index (χ1n) is 11.2. The molecule has 0 fully saturated rings. The molecule has 33 heavy (non-hydrogen) atoms. The molecule has 0 aromatic heterocycles. The van der Waals surface area contributed by atoms with Gasteiger partial charge in [0.15, 0.2) is 0 Å². The molecule has 0 radical (unpaired) electrons. The number of amides is 1. The topological polar surface area (TPSA) is 41.6 Å². The monoisotopic (exact) mass is 438 g/mol. The van der Waals surface area contributed by atoms with Gasteiger partial charge in [0.2, 0.25) is 0 Å². The van der Waals surface area contributed by atoms with Crippen molar-refractivity contribution in [2.24, 2.45) is 0 Å². The van der Waals surface area contributed by atoms with Crippen molar-refractivity contribution in [2.45, 2.75) is 19.5 Å². The van der Waals surface area contributed by atoms with Crippen LogP contribution >= 0.6 is 0 Å². The summed E-state index contributed by atoms with van der Waals surface area (Å²) in [5, 5.41) is 6.21. The van der Waals surface area contributed by atoms with Crippen molar-refractivity contribution in [2.75, 3.05) is 21.2 Å². The molecule has 4 nitrogen and oxygen atoms in total. The molecule has 4 heteroatoms. The molecule has 4 rings (SSSR count). The van der Waals surface area contributed by atoms with Crippen LogP contribution in [-0.2, 0) is 6.54 Å². The molecule has 0 aliphatic heterocycles. The molecule has 0 saturated heterocycles. The molecule has 0 aliphatic carbocycles. The van der Waals surface area contributed by atoms with Gasteiger partial charge in [-0.3, -0.25) is 4.79 Å². The van der Waals surface area contributed by atoms with Gasteiger partial charge in [-0.15, -0.1) is 0 Å². The van der Waals surface area contributed by atoms with Crippen LogP contribution in [0.1, 0.15) is 34.5 Å². The highest BCUT2D eigenvalue weighted by atomic mass is 16.5. The summed E-state index contributed by atoms with van der Waals surface area (Å²) in [6.07, 6.45) is 0. The lowest BCUT2D eigenvalue weighted by Crippen LogP contribution is -2.21. The number of fused-ring (bicyclic) bond motifs is 1. The quantitative estimate of drug-likeness (QED) is 0.381. The summed E-state index contributed by atoms with van der Waals surface area (Å²) in [7, 11) is 5.20. The molecule has 0 bridgehead atoms. The van der Waals surface area contributed by atoms with E-state index in [1.165, 1.54) is 21.9 Å². The normalized spacial score (nSPS) is 11.9. The minimum absolute atomic E-state index is 0.00566. The second-order valence-corrected chi connectivity index (χ2v) is 8.48. The zero-order chi connectivity index (χ0) is 23.4. The molecule has 1 N–H and O–H groups in total. The van der Waals surface area contributed by atoms with Crippen molar-refractivity contribution in [3.8, 4) is 16.9 Å². The highest BCUT2D eigenvalue weighted by molar-refractivity contribution is 5.94. The van der Waals surface area contributed by atoms with E-state index in [4.69, 9.17) is 4.74 Å². The Kier molecular flexibility index (Phi) is 6.76. The van der Waals surface area contributed by atoms with Gasteiger partial charge in [-0.05, 0) is 58.7 Å². The Morgan fingerprint density at radius 2 is 1.67 bits per heavy atom. The maximum Gasteiger partial charge on any atom is 0.253 e. The molecule has 1 atom stereocenters. The number of carbonyl (C=O) groups is 1. The van der Waals surface area contributed by atoms with E-state index in [0.29, 0.717) is 5.56 Å². The summed E-state index contributed by atoms with van der Waals surface area (Å²) < 4.78 is 5.62. The summed E-state index contributed by atoms with van der Waals surface area (Å²) >= 11 is 0. The van der Waals surface area contributed by atoms with Gasteiger partial charge in [0.1, 0.15) is 5.75 Å². The standard InChI is InChI=1S/C29H30N2O2/c1-20(25-11-7-9-22-8-5-6-10-26(22)25)30-19-21-12-17-28(33-4)27(18-21)23-13-15-24(16-14-23)29(32)31(2)3/h5-18,20,30H,19H2,1-4H3/t20-/m1/s1. The van der Waals surface area contributed by atoms with E-state index in [0.717, 1.165) is 23.4 Å². The van der Waals surface area contributed by atoms with Gasteiger partial charge in [-0.2, -0.15) is 0 Å². The number of rotatable bonds is 7. The highest BCUT2D eigenvalue weighted by Gasteiger charge is 2.12. The van der Waals surface area contributed by atoms with Crippen molar-refractivity contribution >= 4 is 16.7 Å². The van der Waals surface area contributed by atoms with Crippen molar-refractivity contribution in [3.63, 3.8) is 0 Å². The summed E-state index contributed by atoms with van der Waals surface area (Å²) in [4.78, 5) is 13.8. The number of nitrogens with one attached hydrogen (secondary N) is 1. The molecule has 4 aromatic carbocycles. The third kappa shape index (κ3) is 4.91. The third-order valence-corrected chi connectivity index (χ3v) is 6.02. The summed E-state index contributed by atoms with van der Waals surface area (Å²) in [5.41, 5.74) is 5.17. The average molecular weight is 439 g/mol. The van der Waals surface area contributed by atoms with Gasteiger partial charge in [-0.1, -0.05) is 60.7 Å². The van der Waals surface area contributed by atoms with Crippen molar-refractivity contribution in [3.05, 3.63) is 102 Å². The lowest BCUT2D eigenvalue weighted by molar-refractivity contribution is 0.0827. The zero-order valence-electron chi connectivity index (χ0n) is 19.6. The second kappa shape index (κ2) is 9.88. The second-order valence-electron chi connectivity index (χ2n) is 8.48. The predicted molar refractivity (Wildman–Crippen MR) is 136 cm³/mol. The van der Waals surface area contributed by atoms with E-state index in [9.17, 15) is 4.79 Å². The van der Waals surface area contributed by atoms with Crippen LogP contribution in [0, 0.1) is 0 Å². The van der Waals surface area contributed by atoms with Crippen LogP contribution in [-0.4, -0.2) is 32.0 Å². The summed E-state index contributed by atoms with van der Waals surface area (Å²) in [5.74, 6) is 0.807. The largest absolute Gasteiger partial charge is 0.496 e. The van der Waals surface area contributed by atoms with Crippen LogP contribution in [0.5, 0.6) is 5.75 Å². The Balaban J connectivity index is 1.55. The molecule has 0 saturated carbocycles. The number of benzene rings is 4. The Labute approximate surface area is 195 Å². The van der Waals surface area contributed by atoms with Gasteiger partial charge in [0.05, 0.1) is 7.11 Å². The van der Waals surface area contributed by atoms with Crippen molar-refractivity contribution < 1.29 is 9.53 Å². The highest BCUT2D eigenvalue weighted by Crippen LogP contribution is 2.32. The molecule has 0 spiro atoms. The molecule has 4 aromatic rings. The Morgan fingerprint density at radius 3 is 2.39 bits per heavy atom. The first kappa shape index (κ1) is 22.6. The smallest absolute Gasteiger partial charge is 0.253 e. The van der Waals surface area contributed by atoms with E-state index in [2.05, 4.69) is 66.8 Å².